The van der Waals surface area contributed by atoms with E-state index in [4.69, 9.17) is 0 Å². The van der Waals surface area contributed by atoms with Gasteiger partial charge in [-0.1, -0.05) is 0 Å². The maximum Gasteiger partial charge on any atom is 0.117 e. The van der Waals surface area contributed by atoms with Gasteiger partial charge in [-0.3, -0.25) is 0 Å². The molecule has 23 heavy (non-hydrogen) atoms. The quantitative estimate of drug-likeness (QED) is 0.630. The fourth-order valence-electron chi connectivity index (χ4n) is 4.45. The van der Waals surface area contributed by atoms with Gasteiger partial charge in [0.1, 0.15) is 11.8 Å². The van der Waals surface area contributed by atoms with Crippen LogP contribution >= 0.6 is 0 Å². The lowest BCUT2D eigenvalue weighted by atomic mass is 9.61. The number of nitrogens with zero attached hydrogens (tertiary/aromatic N) is 4. The third-order valence-electron chi connectivity index (χ3n) is 5.24. The Morgan fingerprint density at radius 1 is 0.609 bits per heavy atom. The maximum absolute atomic E-state index is 2.44. The summed E-state index contributed by atoms with van der Waals surface area (Å²) in [4.78, 5) is 9.49. The third-order valence-corrected chi connectivity index (χ3v) is 5.24. The molecule has 0 heterocycles. The summed E-state index contributed by atoms with van der Waals surface area (Å²) in [7, 11) is 17.7. The first kappa shape index (κ1) is 20.8. The van der Waals surface area contributed by atoms with E-state index in [0.717, 1.165) is 23.7 Å². The van der Waals surface area contributed by atoms with Crippen LogP contribution in [0.2, 0.25) is 0 Å². The summed E-state index contributed by atoms with van der Waals surface area (Å²) in [6.45, 7) is 7.21. The van der Waals surface area contributed by atoms with Crippen LogP contribution in [0, 0.1) is 29.6 Å². The summed E-state index contributed by atoms with van der Waals surface area (Å²) >= 11 is 0. The van der Waals surface area contributed by atoms with Crippen LogP contribution in [0.3, 0.4) is 0 Å². The van der Waals surface area contributed by atoms with Gasteiger partial charge in [0.05, 0.1) is 12.8 Å². The van der Waals surface area contributed by atoms with E-state index in [0.29, 0.717) is 0 Å². The first-order valence-corrected chi connectivity index (χ1v) is 9.04. The van der Waals surface area contributed by atoms with E-state index in [1.807, 2.05) is 0 Å². The number of rotatable bonds is 8. The van der Waals surface area contributed by atoms with E-state index in [1.165, 1.54) is 32.6 Å². The summed E-state index contributed by atoms with van der Waals surface area (Å²) in [5, 5.41) is 0. The molecule has 4 heteroatoms. The van der Waals surface area contributed by atoms with Gasteiger partial charge in [-0.25, -0.2) is 0 Å². The maximum atomic E-state index is 2.44. The minimum absolute atomic E-state index is 0.718. The van der Waals surface area contributed by atoms with Crippen molar-refractivity contribution in [3.63, 3.8) is 0 Å². The summed E-state index contributed by atoms with van der Waals surface area (Å²) < 4.78 is 0. The van der Waals surface area contributed by atoms with E-state index >= 15 is 0 Å². The van der Waals surface area contributed by atoms with Crippen molar-refractivity contribution in [2.45, 2.75) is 13.3 Å². The molecule has 0 aromatic heterocycles. The SMILES string of the molecule is C[C+]1C(CN(C)C)C(CN(C)C)CC(CN(C)C)C1CN(C)C. The minimum atomic E-state index is 0.718. The fraction of sp³-hybridized carbons (Fsp3) is 0.947. The van der Waals surface area contributed by atoms with Crippen molar-refractivity contribution in [2.75, 3.05) is 82.6 Å². The van der Waals surface area contributed by atoms with Crippen LogP contribution in [-0.4, -0.2) is 102 Å². The molecule has 1 aliphatic carbocycles. The van der Waals surface area contributed by atoms with Gasteiger partial charge in [-0.05, 0) is 62.8 Å². The van der Waals surface area contributed by atoms with Crippen molar-refractivity contribution in [1.29, 1.82) is 0 Å². The molecule has 0 radical (unpaired) electrons. The van der Waals surface area contributed by atoms with Crippen LogP contribution < -0.4 is 0 Å². The molecule has 0 aliphatic heterocycles. The highest BCUT2D eigenvalue weighted by molar-refractivity contribution is 5.09. The number of hydrogen-bond acceptors (Lipinski definition) is 4. The van der Waals surface area contributed by atoms with Crippen LogP contribution in [-0.2, 0) is 0 Å². The van der Waals surface area contributed by atoms with Crippen molar-refractivity contribution in [2.24, 2.45) is 23.7 Å². The van der Waals surface area contributed by atoms with E-state index in [-0.39, 0.29) is 0 Å². The van der Waals surface area contributed by atoms with Crippen LogP contribution in [0.4, 0.5) is 0 Å². The van der Waals surface area contributed by atoms with Crippen molar-refractivity contribution in [1.82, 2.24) is 19.6 Å². The molecule has 4 atom stereocenters. The van der Waals surface area contributed by atoms with Gasteiger partial charge in [0.2, 0.25) is 0 Å². The predicted molar refractivity (Wildman–Crippen MR) is 102 cm³/mol. The van der Waals surface area contributed by atoms with E-state index in [2.05, 4.69) is 82.9 Å². The standard InChI is InChI=1S/C19H41N4/c1-15-18(13-22(6)7)16(11-20(2)3)10-17(12-21(4)5)19(15)14-23(8)9/h16-19H,10-14H2,1-9H3/q+1. The Morgan fingerprint density at radius 2 is 0.913 bits per heavy atom. The zero-order valence-corrected chi connectivity index (χ0v) is 17.1. The summed E-state index contributed by atoms with van der Waals surface area (Å²) in [5.41, 5.74) is 0. The van der Waals surface area contributed by atoms with Crippen LogP contribution in [0.5, 0.6) is 0 Å². The summed E-state index contributed by atoms with van der Waals surface area (Å²) in [6, 6.07) is 0. The molecule has 1 saturated carbocycles. The fourth-order valence-corrected chi connectivity index (χ4v) is 4.45. The highest BCUT2D eigenvalue weighted by Gasteiger charge is 2.50. The Morgan fingerprint density at radius 3 is 1.17 bits per heavy atom. The first-order chi connectivity index (χ1) is 10.6. The van der Waals surface area contributed by atoms with Gasteiger partial charge in [-0.2, -0.15) is 0 Å². The van der Waals surface area contributed by atoms with Crippen molar-refractivity contribution in [3.05, 3.63) is 5.92 Å². The lowest BCUT2D eigenvalue weighted by molar-refractivity contribution is 0.0726. The lowest BCUT2D eigenvalue weighted by Gasteiger charge is -2.42. The highest BCUT2D eigenvalue weighted by Crippen LogP contribution is 2.44. The topological polar surface area (TPSA) is 13.0 Å². The van der Waals surface area contributed by atoms with Gasteiger partial charge in [0.25, 0.3) is 0 Å². The van der Waals surface area contributed by atoms with Crippen molar-refractivity contribution >= 4 is 0 Å². The molecule has 4 unspecified atom stereocenters. The molecule has 0 N–H and O–H groups in total. The van der Waals surface area contributed by atoms with E-state index < -0.39 is 0 Å². The second-order valence-electron chi connectivity index (χ2n) is 8.76. The summed E-state index contributed by atoms with van der Waals surface area (Å²) in [5.74, 6) is 4.72. The summed E-state index contributed by atoms with van der Waals surface area (Å²) in [6.07, 6.45) is 1.35. The molecular weight excluding hydrogens is 284 g/mol. The molecule has 0 amide bonds. The van der Waals surface area contributed by atoms with Gasteiger partial charge in [0, 0.05) is 38.0 Å². The Balaban J connectivity index is 2.99. The zero-order chi connectivity index (χ0) is 17.7. The van der Waals surface area contributed by atoms with Gasteiger partial charge >= 0.3 is 0 Å². The Kier molecular flexibility index (Phi) is 8.36. The molecule has 1 fully saturated rings. The molecule has 0 aromatic carbocycles. The lowest BCUT2D eigenvalue weighted by Crippen LogP contribution is -2.49. The highest BCUT2D eigenvalue weighted by atomic mass is 15.1. The molecule has 0 aromatic rings. The van der Waals surface area contributed by atoms with Gasteiger partial charge < -0.3 is 19.6 Å². The van der Waals surface area contributed by atoms with Crippen molar-refractivity contribution < 1.29 is 0 Å². The monoisotopic (exact) mass is 325 g/mol. The molecule has 0 bridgehead atoms. The van der Waals surface area contributed by atoms with Crippen molar-refractivity contribution in [3.8, 4) is 0 Å². The molecular formula is C19H41N4+. The van der Waals surface area contributed by atoms with Gasteiger partial charge in [0.15, 0.2) is 0 Å². The number of hydrogen-bond donors (Lipinski definition) is 0. The largest absolute Gasteiger partial charge is 0.309 e. The molecule has 0 spiro atoms. The minimum Gasteiger partial charge on any atom is -0.309 e. The van der Waals surface area contributed by atoms with Gasteiger partial charge in [-0.15, -0.1) is 0 Å². The van der Waals surface area contributed by atoms with Crippen LogP contribution in [0.1, 0.15) is 13.3 Å². The van der Waals surface area contributed by atoms with Crippen LogP contribution in [0.25, 0.3) is 0 Å². The average molecular weight is 326 g/mol. The predicted octanol–water partition coefficient (Wildman–Crippen LogP) is 1.70. The Labute approximate surface area is 145 Å². The Hall–Kier alpha value is -0.290. The Bertz CT molecular complexity index is 297. The second-order valence-corrected chi connectivity index (χ2v) is 8.76. The average Bonchev–Trinajstić information content (AvgIpc) is 2.37. The zero-order valence-electron chi connectivity index (χ0n) is 17.1. The molecule has 1 rings (SSSR count). The smallest absolute Gasteiger partial charge is 0.117 e. The molecule has 1 aliphatic rings. The molecule has 4 nitrogen and oxygen atoms in total. The van der Waals surface area contributed by atoms with Crippen LogP contribution in [0.15, 0.2) is 0 Å². The van der Waals surface area contributed by atoms with E-state index in [9.17, 15) is 0 Å². The molecule has 136 valence electrons. The third kappa shape index (κ3) is 6.61. The second kappa shape index (κ2) is 9.26. The molecule has 0 saturated heterocycles. The normalized spacial score (nSPS) is 29.3. The first-order valence-electron chi connectivity index (χ1n) is 9.04. The van der Waals surface area contributed by atoms with E-state index in [1.54, 1.807) is 5.92 Å².